The summed E-state index contributed by atoms with van der Waals surface area (Å²) in [6, 6.07) is 12.4. The van der Waals surface area contributed by atoms with Crippen molar-refractivity contribution < 1.29 is 19.2 Å². The van der Waals surface area contributed by atoms with Crippen molar-refractivity contribution in [2.75, 3.05) is 6.61 Å². The molecule has 0 radical (unpaired) electrons. The Morgan fingerprint density at radius 2 is 1.92 bits per heavy atom. The molecule has 0 saturated carbocycles. The lowest BCUT2D eigenvalue weighted by Gasteiger charge is -2.16. The van der Waals surface area contributed by atoms with Crippen molar-refractivity contribution in [3.8, 4) is 5.75 Å². The van der Waals surface area contributed by atoms with Crippen LogP contribution < -0.4 is 10.1 Å². The molecule has 0 spiro atoms. The van der Waals surface area contributed by atoms with Crippen LogP contribution in [0.2, 0.25) is 5.02 Å². The van der Waals surface area contributed by atoms with E-state index in [0.717, 1.165) is 11.6 Å². The summed E-state index contributed by atoms with van der Waals surface area (Å²) in [4.78, 5) is 34.2. The Morgan fingerprint density at radius 1 is 1.23 bits per heavy atom. The minimum Gasteiger partial charge on any atom is -0.477 e. The number of ether oxygens (including phenoxy) is 1. The van der Waals surface area contributed by atoms with Crippen molar-refractivity contribution in [1.29, 1.82) is 0 Å². The second-order valence-electron chi connectivity index (χ2n) is 5.58. The molecule has 7 nitrogen and oxygen atoms in total. The molecule has 1 atom stereocenters. The van der Waals surface area contributed by atoms with E-state index in [1.165, 1.54) is 19.1 Å². The van der Waals surface area contributed by atoms with Crippen molar-refractivity contribution in [3.05, 3.63) is 69.2 Å². The first-order valence-electron chi connectivity index (χ1n) is 7.77. The quantitative estimate of drug-likeness (QED) is 0.564. The molecule has 2 aromatic rings. The van der Waals surface area contributed by atoms with Gasteiger partial charge in [-0.3, -0.25) is 19.7 Å². The number of nitrogens with zero attached hydrogens (tertiary/aromatic N) is 1. The molecule has 1 N–H and O–H groups in total. The number of halogens is 1. The number of ketones is 1. The van der Waals surface area contributed by atoms with Crippen LogP contribution in [0.3, 0.4) is 0 Å². The molecule has 136 valence electrons. The lowest BCUT2D eigenvalue weighted by Crippen LogP contribution is -2.43. The van der Waals surface area contributed by atoms with Gasteiger partial charge in [-0.1, -0.05) is 41.9 Å². The van der Waals surface area contributed by atoms with Gasteiger partial charge in [-0.25, -0.2) is 0 Å². The highest BCUT2D eigenvalue weighted by Crippen LogP contribution is 2.29. The molecule has 0 heterocycles. The van der Waals surface area contributed by atoms with Gasteiger partial charge in [-0.2, -0.15) is 0 Å². The van der Waals surface area contributed by atoms with E-state index in [-0.39, 0.29) is 22.2 Å². The number of carbonyl (C=O) groups is 2. The Balaban J connectivity index is 1.99. The fourth-order valence-electron chi connectivity index (χ4n) is 2.28. The number of nitro benzene ring substituents is 1. The van der Waals surface area contributed by atoms with Crippen molar-refractivity contribution in [2.45, 2.75) is 19.4 Å². The van der Waals surface area contributed by atoms with E-state index in [1.807, 2.05) is 30.3 Å². The van der Waals surface area contributed by atoms with Crippen LogP contribution in [0.4, 0.5) is 5.69 Å². The molecule has 2 rings (SSSR count). The van der Waals surface area contributed by atoms with E-state index in [0.29, 0.717) is 6.42 Å². The summed E-state index contributed by atoms with van der Waals surface area (Å²) in [5, 5.41) is 13.8. The lowest BCUT2D eigenvalue weighted by atomic mass is 10.0. The Bertz CT molecular complexity index is 810. The highest BCUT2D eigenvalue weighted by atomic mass is 35.5. The van der Waals surface area contributed by atoms with Crippen molar-refractivity contribution >= 4 is 29.0 Å². The van der Waals surface area contributed by atoms with Gasteiger partial charge in [-0.15, -0.1) is 0 Å². The van der Waals surface area contributed by atoms with Gasteiger partial charge in [0.05, 0.1) is 11.0 Å². The standard InChI is InChI=1S/C18H17ClN2O5/c1-12(22)15(9-13-5-3-2-4-6-13)20-18(23)11-26-17-8-7-14(19)10-16(17)21(24)25/h2-8,10,15H,9,11H2,1H3,(H,20,23)/t15-/m0/s1. The molecule has 0 unspecified atom stereocenters. The maximum Gasteiger partial charge on any atom is 0.312 e. The first kappa shape index (κ1) is 19.4. The topological polar surface area (TPSA) is 98.5 Å². The van der Waals surface area contributed by atoms with Gasteiger partial charge in [0.1, 0.15) is 0 Å². The largest absolute Gasteiger partial charge is 0.477 e. The first-order chi connectivity index (χ1) is 12.4. The van der Waals surface area contributed by atoms with Crippen LogP contribution in [0.15, 0.2) is 48.5 Å². The van der Waals surface area contributed by atoms with Gasteiger partial charge in [0.2, 0.25) is 0 Å². The predicted octanol–water partition coefficient (Wildman–Crippen LogP) is 2.94. The molecule has 0 aliphatic heterocycles. The summed E-state index contributed by atoms with van der Waals surface area (Å²) >= 11 is 5.73. The fourth-order valence-corrected chi connectivity index (χ4v) is 2.45. The average molecular weight is 377 g/mol. The Morgan fingerprint density at radius 3 is 2.54 bits per heavy atom. The Hall–Kier alpha value is -2.93. The van der Waals surface area contributed by atoms with Gasteiger partial charge >= 0.3 is 5.69 Å². The number of carbonyl (C=O) groups excluding carboxylic acids is 2. The molecule has 8 heteroatoms. The monoisotopic (exact) mass is 376 g/mol. The van der Waals surface area contributed by atoms with E-state index in [9.17, 15) is 19.7 Å². The smallest absolute Gasteiger partial charge is 0.312 e. The SMILES string of the molecule is CC(=O)[C@H](Cc1ccccc1)NC(=O)COc1ccc(Cl)cc1[N+](=O)[O-]. The Kier molecular flexibility index (Phi) is 6.68. The molecule has 26 heavy (non-hydrogen) atoms. The summed E-state index contributed by atoms with van der Waals surface area (Å²) in [5.41, 5.74) is 0.569. The number of nitro groups is 1. The number of benzene rings is 2. The third-order valence-electron chi connectivity index (χ3n) is 3.59. The molecule has 0 aliphatic carbocycles. The van der Waals surface area contributed by atoms with Crippen molar-refractivity contribution in [1.82, 2.24) is 5.32 Å². The van der Waals surface area contributed by atoms with Gasteiger partial charge in [0.15, 0.2) is 18.1 Å². The summed E-state index contributed by atoms with van der Waals surface area (Å²) in [5.74, 6) is -0.818. The number of Topliss-reactive ketones (excluding diaryl/α,β-unsaturated/α-hetero) is 1. The summed E-state index contributed by atoms with van der Waals surface area (Å²) in [7, 11) is 0. The average Bonchev–Trinajstić information content (AvgIpc) is 2.60. The normalized spacial score (nSPS) is 11.5. The number of hydrogen-bond donors (Lipinski definition) is 1. The molecule has 0 fully saturated rings. The predicted molar refractivity (Wildman–Crippen MR) is 96.4 cm³/mol. The van der Waals surface area contributed by atoms with E-state index >= 15 is 0 Å². The fraction of sp³-hybridized carbons (Fsp3) is 0.222. The third kappa shape index (κ3) is 5.56. The van der Waals surface area contributed by atoms with Gasteiger partial charge in [0.25, 0.3) is 5.91 Å². The van der Waals surface area contributed by atoms with Crippen LogP contribution in [-0.2, 0) is 16.0 Å². The van der Waals surface area contributed by atoms with Crippen LogP contribution in [0.25, 0.3) is 0 Å². The van der Waals surface area contributed by atoms with E-state index in [2.05, 4.69) is 5.32 Å². The van der Waals surface area contributed by atoms with Crippen molar-refractivity contribution in [3.63, 3.8) is 0 Å². The molecular formula is C18H17ClN2O5. The zero-order chi connectivity index (χ0) is 19.1. The van der Waals surface area contributed by atoms with Crippen molar-refractivity contribution in [2.24, 2.45) is 0 Å². The zero-order valence-corrected chi connectivity index (χ0v) is 14.7. The number of rotatable bonds is 8. The summed E-state index contributed by atoms with van der Waals surface area (Å²) in [6.07, 6.45) is 0.350. The number of amides is 1. The summed E-state index contributed by atoms with van der Waals surface area (Å²) in [6.45, 7) is 0.930. The molecule has 0 saturated heterocycles. The summed E-state index contributed by atoms with van der Waals surface area (Å²) < 4.78 is 5.22. The Labute approximate surface area is 155 Å². The number of nitrogens with one attached hydrogen (secondary N) is 1. The zero-order valence-electron chi connectivity index (χ0n) is 14.0. The second-order valence-corrected chi connectivity index (χ2v) is 6.01. The van der Waals surface area contributed by atoms with Gasteiger partial charge in [0, 0.05) is 11.1 Å². The first-order valence-corrected chi connectivity index (χ1v) is 8.15. The maximum absolute atomic E-state index is 12.1. The second kappa shape index (κ2) is 8.96. The van der Waals surface area contributed by atoms with Crippen LogP contribution in [0.5, 0.6) is 5.75 Å². The maximum atomic E-state index is 12.1. The van der Waals surface area contributed by atoms with Crippen LogP contribution in [0.1, 0.15) is 12.5 Å². The molecular weight excluding hydrogens is 360 g/mol. The molecule has 1 amide bonds. The van der Waals surface area contributed by atoms with E-state index in [1.54, 1.807) is 0 Å². The molecule has 0 aliphatic rings. The van der Waals surface area contributed by atoms with Crippen LogP contribution >= 0.6 is 11.6 Å². The third-order valence-corrected chi connectivity index (χ3v) is 3.82. The lowest BCUT2D eigenvalue weighted by molar-refractivity contribution is -0.385. The van der Waals surface area contributed by atoms with E-state index in [4.69, 9.17) is 16.3 Å². The minimum atomic E-state index is -0.700. The van der Waals surface area contributed by atoms with Crippen LogP contribution in [-0.4, -0.2) is 29.3 Å². The molecule has 0 aromatic heterocycles. The van der Waals surface area contributed by atoms with Gasteiger partial charge < -0.3 is 10.1 Å². The molecule has 2 aromatic carbocycles. The number of hydrogen-bond acceptors (Lipinski definition) is 5. The minimum absolute atomic E-state index is 0.0722. The highest BCUT2D eigenvalue weighted by Gasteiger charge is 2.20. The van der Waals surface area contributed by atoms with Gasteiger partial charge in [-0.05, 0) is 31.0 Å². The van der Waals surface area contributed by atoms with Crippen LogP contribution in [0, 0.1) is 10.1 Å². The van der Waals surface area contributed by atoms with E-state index < -0.39 is 23.5 Å². The highest BCUT2D eigenvalue weighted by molar-refractivity contribution is 6.30. The molecule has 0 bridgehead atoms.